The van der Waals surface area contributed by atoms with Crippen LogP contribution in [0, 0.1) is 0 Å². The Kier molecular flexibility index (Phi) is 7.63. The van der Waals surface area contributed by atoms with E-state index in [1.54, 1.807) is 7.11 Å². The van der Waals surface area contributed by atoms with Crippen LogP contribution in [0.15, 0.2) is 0 Å². The minimum absolute atomic E-state index is 0.0706. The number of piperidine rings is 1. The van der Waals surface area contributed by atoms with Crippen molar-refractivity contribution in [2.24, 2.45) is 0 Å². The third-order valence-corrected chi connectivity index (χ3v) is 3.91. The molecule has 1 aliphatic heterocycles. The Balaban J connectivity index is 2.52. The highest BCUT2D eigenvalue weighted by Crippen LogP contribution is 2.19. The predicted molar refractivity (Wildman–Crippen MR) is 86.4 cm³/mol. The molecule has 1 amide bonds. The van der Waals surface area contributed by atoms with Crippen molar-refractivity contribution in [2.45, 2.75) is 64.6 Å². The molecule has 2 N–H and O–H groups in total. The van der Waals surface area contributed by atoms with Crippen LogP contribution in [0.5, 0.6) is 0 Å². The lowest BCUT2D eigenvalue weighted by Crippen LogP contribution is -2.56. The molecule has 1 saturated heterocycles. The molecule has 21 heavy (non-hydrogen) atoms. The Labute approximate surface area is 129 Å². The molecule has 1 fully saturated rings. The number of hydrogen-bond donors (Lipinski definition) is 2. The van der Waals surface area contributed by atoms with Crippen LogP contribution in [0.3, 0.4) is 0 Å². The Morgan fingerprint density at radius 2 is 2.10 bits per heavy atom. The summed E-state index contributed by atoms with van der Waals surface area (Å²) in [6.45, 7) is 11.6. The van der Waals surface area contributed by atoms with E-state index in [0.717, 1.165) is 32.7 Å². The van der Waals surface area contributed by atoms with E-state index in [1.807, 2.05) is 27.7 Å². The number of nitrogens with one attached hydrogen (secondary N) is 2. The Morgan fingerprint density at radius 1 is 1.38 bits per heavy atom. The van der Waals surface area contributed by atoms with E-state index in [-0.39, 0.29) is 17.5 Å². The molecule has 0 spiro atoms. The molecule has 0 radical (unpaired) electrons. The first-order valence-corrected chi connectivity index (χ1v) is 8.12. The van der Waals surface area contributed by atoms with E-state index >= 15 is 0 Å². The van der Waals surface area contributed by atoms with Crippen LogP contribution < -0.4 is 10.6 Å². The first kappa shape index (κ1) is 18.4. The van der Waals surface area contributed by atoms with Crippen LogP contribution in [-0.2, 0) is 9.53 Å². The van der Waals surface area contributed by atoms with E-state index in [4.69, 9.17) is 4.74 Å². The van der Waals surface area contributed by atoms with Crippen molar-refractivity contribution in [3.8, 4) is 0 Å². The van der Waals surface area contributed by atoms with Gasteiger partial charge in [-0.25, -0.2) is 0 Å². The van der Waals surface area contributed by atoms with Crippen molar-refractivity contribution in [1.82, 2.24) is 15.5 Å². The molecule has 2 unspecified atom stereocenters. The zero-order valence-electron chi connectivity index (χ0n) is 14.4. The maximum absolute atomic E-state index is 12.4. The predicted octanol–water partition coefficient (Wildman–Crippen LogP) is 1.38. The van der Waals surface area contributed by atoms with Crippen LogP contribution in [0.4, 0.5) is 0 Å². The maximum Gasteiger partial charge on any atom is 0.237 e. The second-order valence-electron chi connectivity index (χ2n) is 7.00. The average Bonchev–Trinajstić information content (AvgIpc) is 2.41. The number of carbonyl (C=O) groups is 1. The Hall–Kier alpha value is -0.650. The third kappa shape index (κ3) is 6.76. The lowest BCUT2D eigenvalue weighted by atomic mass is 9.99. The van der Waals surface area contributed by atoms with Crippen LogP contribution in [0.1, 0.15) is 47.0 Å². The first-order chi connectivity index (χ1) is 9.85. The fraction of sp³-hybridized carbons (Fsp3) is 0.938. The standard InChI is InChI=1S/C16H33N3O2/c1-13(15(20)18-16(2,3)4)19-10-7-6-8-14(19)12-17-9-11-21-5/h13-14,17H,6-12H2,1-5H3,(H,18,20). The van der Waals surface area contributed by atoms with Crippen LogP contribution in [-0.4, -0.2) is 61.8 Å². The van der Waals surface area contributed by atoms with Gasteiger partial charge in [-0.1, -0.05) is 6.42 Å². The maximum atomic E-state index is 12.4. The van der Waals surface area contributed by atoms with Gasteiger partial charge in [0.2, 0.25) is 5.91 Å². The Bertz CT molecular complexity index is 315. The molecule has 0 saturated carbocycles. The van der Waals surface area contributed by atoms with E-state index in [0.29, 0.717) is 6.04 Å². The second-order valence-corrected chi connectivity index (χ2v) is 7.00. The molecule has 5 heteroatoms. The minimum atomic E-state index is -0.173. The van der Waals surface area contributed by atoms with Gasteiger partial charge in [-0.05, 0) is 47.1 Å². The van der Waals surface area contributed by atoms with Gasteiger partial charge in [-0.3, -0.25) is 9.69 Å². The van der Waals surface area contributed by atoms with E-state index in [1.165, 1.54) is 12.8 Å². The quantitative estimate of drug-likeness (QED) is 0.697. The highest BCUT2D eigenvalue weighted by molar-refractivity contribution is 5.82. The van der Waals surface area contributed by atoms with Gasteiger partial charge in [-0.15, -0.1) is 0 Å². The van der Waals surface area contributed by atoms with Crippen molar-refractivity contribution in [1.29, 1.82) is 0 Å². The van der Waals surface area contributed by atoms with Crippen molar-refractivity contribution >= 4 is 5.91 Å². The molecular formula is C16H33N3O2. The fourth-order valence-corrected chi connectivity index (χ4v) is 2.82. The molecule has 124 valence electrons. The van der Waals surface area contributed by atoms with Crippen LogP contribution in [0.2, 0.25) is 0 Å². The summed E-state index contributed by atoms with van der Waals surface area (Å²) in [5, 5.41) is 6.52. The highest BCUT2D eigenvalue weighted by atomic mass is 16.5. The summed E-state index contributed by atoms with van der Waals surface area (Å²) < 4.78 is 5.06. The minimum Gasteiger partial charge on any atom is -0.383 e. The number of nitrogens with zero attached hydrogens (tertiary/aromatic N) is 1. The molecule has 1 heterocycles. The normalized spacial score (nSPS) is 22.0. The van der Waals surface area contributed by atoms with E-state index in [9.17, 15) is 4.79 Å². The van der Waals surface area contributed by atoms with Crippen molar-refractivity contribution < 1.29 is 9.53 Å². The zero-order chi connectivity index (χ0) is 15.9. The summed E-state index contributed by atoms with van der Waals surface area (Å²) in [7, 11) is 1.72. The molecule has 0 aliphatic carbocycles. The molecule has 0 aromatic rings. The lowest BCUT2D eigenvalue weighted by Gasteiger charge is -2.40. The number of hydrogen-bond acceptors (Lipinski definition) is 4. The number of ether oxygens (including phenoxy) is 1. The topological polar surface area (TPSA) is 53.6 Å². The number of carbonyl (C=O) groups excluding carboxylic acids is 1. The van der Waals surface area contributed by atoms with Crippen molar-refractivity contribution in [2.75, 3.05) is 33.4 Å². The number of amides is 1. The van der Waals surface area contributed by atoms with E-state index < -0.39 is 0 Å². The van der Waals surface area contributed by atoms with Crippen molar-refractivity contribution in [3.05, 3.63) is 0 Å². The molecule has 0 aromatic carbocycles. The molecule has 1 aliphatic rings. The van der Waals surface area contributed by atoms with Gasteiger partial charge < -0.3 is 15.4 Å². The van der Waals surface area contributed by atoms with Gasteiger partial charge in [0, 0.05) is 31.8 Å². The molecule has 1 rings (SSSR count). The summed E-state index contributed by atoms with van der Waals surface area (Å²) in [5.41, 5.74) is -0.173. The molecule has 0 aromatic heterocycles. The van der Waals surface area contributed by atoms with Gasteiger partial charge in [0.1, 0.15) is 0 Å². The number of methoxy groups -OCH3 is 1. The molecule has 2 atom stereocenters. The Morgan fingerprint density at radius 3 is 2.71 bits per heavy atom. The molecule has 5 nitrogen and oxygen atoms in total. The van der Waals surface area contributed by atoms with Crippen molar-refractivity contribution in [3.63, 3.8) is 0 Å². The summed E-state index contributed by atoms with van der Waals surface area (Å²) in [5.74, 6) is 0.131. The van der Waals surface area contributed by atoms with Gasteiger partial charge in [-0.2, -0.15) is 0 Å². The number of likely N-dealkylation sites (tertiary alicyclic amines) is 1. The average molecular weight is 299 g/mol. The summed E-state index contributed by atoms with van der Waals surface area (Å²) in [6, 6.07) is 0.370. The zero-order valence-corrected chi connectivity index (χ0v) is 14.4. The summed E-state index contributed by atoms with van der Waals surface area (Å²) in [6.07, 6.45) is 3.59. The van der Waals surface area contributed by atoms with Gasteiger partial charge in [0.05, 0.1) is 12.6 Å². The van der Waals surface area contributed by atoms with Crippen LogP contribution in [0.25, 0.3) is 0 Å². The third-order valence-electron chi connectivity index (χ3n) is 3.91. The SMILES string of the molecule is COCCNCC1CCCCN1C(C)C(=O)NC(C)(C)C. The molecular weight excluding hydrogens is 266 g/mol. The van der Waals surface area contributed by atoms with Gasteiger partial charge in [0.15, 0.2) is 0 Å². The fourth-order valence-electron chi connectivity index (χ4n) is 2.82. The first-order valence-electron chi connectivity index (χ1n) is 8.12. The van der Waals surface area contributed by atoms with Crippen LogP contribution >= 0.6 is 0 Å². The largest absolute Gasteiger partial charge is 0.383 e. The van der Waals surface area contributed by atoms with Gasteiger partial charge >= 0.3 is 0 Å². The lowest BCUT2D eigenvalue weighted by molar-refractivity contribution is -0.128. The monoisotopic (exact) mass is 299 g/mol. The highest BCUT2D eigenvalue weighted by Gasteiger charge is 2.31. The number of rotatable bonds is 7. The smallest absolute Gasteiger partial charge is 0.237 e. The summed E-state index contributed by atoms with van der Waals surface area (Å²) >= 11 is 0. The van der Waals surface area contributed by atoms with Gasteiger partial charge in [0.25, 0.3) is 0 Å². The molecule has 0 bridgehead atoms. The summed E-state index contributed by atoms with van der Waals surface area (Å²) in [4.78, 5) is 14.7. The second kappa shape index (κ2) is 8.71. The van der Waals surface area contributed by atoms with E-state index in [2.05, 4.69) is 15.5 Å².